The average Bonchev–Trinajstić information content (AvgIpc) is 2.86. The van der Waals surface area contributed by atoms with Crippen molar-refractivity contribution in [2.24, 2.45) is 0 Å². The largest absolute Gasteiger partial charge is 0.423 e. The van der Waals surface area contributed by atoms with Gasteiger partial charge < -0.3 is 9.72 Å². The molecule has 3 aromatic rings. The summed E-state index contributed by atoms with van der Waals surface area (Å²) < 4.78 is 6.01. The first-order chi connectivity index (χ1) is 9.22. The van der Waals surface area contributed by atoms with Crippen molar-refractivity contribution in [2.45, 2.75) is 0 Å². The van der Waals surface area contributed by atoms with Crippen LogP contribution in [-0.2, 0) is 0 Å². The number of ether oxygens (including phenoxy) is 1. The van der Waals surface area contributed by atoms with E-state index in [1.54, 1.807) is 36.8 Å². The second-order valence-corrected chi connectivity index (χ2v) is 4.78. The summed E-state index contributed by atoms with van der Waals surface area (Å²) in [6.07, 6.45) is 4.66. The van der Waals surface area contributed by atoms with Crippen LogP contribution in [0.4, 0.5) is 0 Å². The van der Waals surface area contributed by atoms with Gasteiger partial charge in [0.15, 0.2) is 0 Å². The molecule has 0 spiro atoms. The Kier molecular flexibility index (Phi) is 3.00. The number of carbonyl (C=O) groups is 1. The molecule has 0 amide bonds. The molecule has 1 aromatic carbocycles. The van der Waals surface area contributed by atoms with Crippen LogP contribution >= 0.6 is 15.9 Å². The van der Waals surface area contributed by atoms with Gasteiger partial charge in [-0.3, -0.25) is 4.98 Å². The van der Waals surface area contributed by atoms with Gasteiger partial charge in [-0.2, -0.15) is 0 Å². The van der Waals surface area contributed by atoms with Gasteiger partial charge in [0.2, 0.25) is 0 Å². The first kappa shape index (κ1) is 11.9. The van der Waals surface area contributed by atoms with Crippen LogP contribution in [0.15, 0.2) is 47.5 Å². The summed E-state index contributed by atoms with van der Waals surface area (Å²) in [6.45, 7) is 0. The fraction of sp³-hybridized carbons (Fsp3) is 0. The molecule has 0 unspecified atom stereocenters. The summed E-state index contributed by atoms with van der Waals surface area (Å²) in [5.74, 6) is 0.00870. The van der Waals surface area contributed by atoms with Crippen molar-refractivity contribution in [3.63, 3.8) is 0 Å². The zero-order valence-corrected chi connectivity index (χ0v) is 11.2. The van der Waals surface area contributed by atoms with E-state index in [1.165, 1.54) is 6.20 Å². The van der Waals surface area contributed by atoms with Gasteiger partial charge in [-0.15, -0.1) is 0 Å². The number of carbonyl (C=O) groups excluding carboxylic acids is 1. The van der Waals surface area contributed by atoms with E-state index in [4.69, 9.17) is 4.74 Å². The molecule has 2 aromatic heterocycles. The quantitative estimate of drug-likeness (QED) is 0.583. The zero-order chi connectivity index (χ0) is 13.2. The summed E-state index contributed by atoms with van der Waals surface area (Å²) in [6, 6.07) is 6.87. The van der Waals surface area contributed by atoms with Gasteiger partial charge in [0, 0.05) is 22.9 Å². The van der Waals surface area contributed by atoms with Crippen molar-refractivity contribution in [3.05, 3.63) is 53.0 Å². The Balaban J connectivity index is 1.86. The molecule has 0 fully saturated rings. The molecule has 0 saturated heterocycles. The van der Waals surface area contributed by atoms with Crippen molar-refractivity contribution in [1.29, 1.82) is 0 Å². The number of hydrogen-bond acceptors (Lipinski definition) is 4. The molecule has 6 heteroatoms. The molecule has 1 N–H and O–H groups in total. The SMILES string of the molecule is O=C(Oc1ccc2nc[nH]c2c1)c1cncc(Br)c1. The number of halogens is 1. The number of aromatic nitrogens is 3. The standard InChI is InChI=1S/C13H8BrN3O2/c14-9-3-8(5-15-6-9)13(18)19-10-1-2-11-12(4-10)17-7-16-11/h1-7H,(H,16,17). The first-order valence-electron chi connectivity index (χ1n) is 5.48. The Morgan fingerprint density at radius 1 is 1.26 bits per heavy atom. The monoisotopic (exact) mass is 317 g/mol. The van der Waals surface area contributed by atoms with Crippen molar-refractivity contribution in [2.75, 3.05) is 0 Å². The van der Waals surface area contributed by atoms with Gasteiger partial charge in [0.05, 0.1) is 22.9 Å². The first-order valence-corrected chi connectivity index (χ1v) is 6.27. The predicted molar refractivity (Wildman–Crippen MR) is 73.0 cm³/mol. The van der Waals surface area contributed by atoms with Crippen molar-refractivity contribution in [3.8, 4) is 5.75 Å². The Labute approximate surface area is 116 Å². The van der Waals surface area contributed by atoms with Gasteiger partial charge in [-0.05, 0) is 34.1 Å². The molecule has 0 aliphatic carbocycles. The van der Waals surface area contributed by atoms with Gasteiger partial charge >= 0.3 is 5.97 Å². The van der Waals surface area contributed by atoms with E-state index < -0.39 is 5.97 Å². The van der Waals surface area contributed by atoms with Crippen LogP contribution in [0, 0.1) is 0 Å². The lowest BCUT2D eigenvalue weighted by Crippen LogP contribution is -2.08. The lowest BCUT2D eigenvalue weighted by Gasteiger charge is -2.04. The summed E-state index contributed by atoms with van der Waals surface area (Å²) in [5.41, 5.74) is 2.03. The number of pyridine rings is 1. The number of nitrogens with one attached hydrogen (secondary N) is 1. The minimum absolute atomic E-state index is 0.388. The molecule has 0 aliphatic rings. The van der Waals surface area contributed by atoms with Gasteiger partial charge in [0.1, 0.15) is 5.75 Å². The van der Waals surface area contributed by atoms with Crippen LogP contribution in [-0.4, -0.2) is 20.9 Å². The molecule has 19 heavy (non-hydrogen) atoms. The van der Waals surface area contributed by atoms with E-state index in [9.17, 15) is 4.79 Å². The third-order valence-electron chi connectivity index (χ3n) is 2.54. The maximum atomic E-state index is 11.9. The molecule has 2 heterocycles. The van der Waals surface area contributed by atoms with Crippen LogP contribution in [0.25, 0.3) is 11.0 Å². The van der Waals surface area contributed by atoms with Gasteiger partial charge in [-0.1, -0.05) is 0 Å². The molecule has 3 rings (SSSR count). The lowest BCUT2D eigenvalue weighted by molar-refractivity contribution is 0.0734. The summed E-state index contributed by atoms with van der Waals surface area (Å²) in [4.78, 5) is 22.9. The summed E-state index contributed by atoms with van der Waals surface area (Å²) in [5, 5.41) is 0. The Bertz CT molecular complexity index is 754. The summed E-state index contributed by atoms with van der Waals surface area (Å²) >= 11 is 3.26. The molecule has 0 saturated carbocycles. The molecular weight excluding hydrogens is 310 g/mol. The highest BCUT2D eigenvalue weighted by atomic mass is 79.9. The normalized spacial score (nSPS) is 10.6. The molecule has 5 nitrogen and oxygen atoms in total. The van der Waals surface area contributed by atoms with E-state index in [2.05, 4.69) is 30.9 Å². The topological polar surface area (TPSA) is 67.9 Å². The number of benzene rings is 1. The highest BCUT2D eigenvalue weighted by Gasteiger charge is 2.10. The maximum absolute atomic E-state index is 11.9. The number of fused-ring (bicyclic) bond motifs is 1. The van der Waals surface area contributed by atoms with Crippen LogP contribution in [0.1, 0.15) is 10.4 Å². The van der Waals surface area contributed by atoms with Crippen molar-refractivity contribution < 1.29 is 9.53 Å². The molecule has 0 aliphatic heterocycles. The van der Waals surface area contributed by atoms with Gasteiger partial charge in [-0.25, -0.2) is 9.78 Å². The third kappa shape index (κ3) is 2.48. The zero-order valence-electron chi connectivity index (χ0n) is 9.63. The van der Waals surface area contributed by atoms with E-state index in [1.807, 2.05) is 0 Å². The van der Waals surface area contributed by atoms with Crippen molar-refractivity contribution in [1.82, 2.24) is 15.0 Å². The maximum Gasteiger partial charge on any atom is 0.345 e. The number of imidazole rings is 1. The van der Waals surface area contributed by atoms with Crippen molar-refractivity contribution >= 4 is 32.9 Å². The number of nitrogens with zero attached hydrogens (tertiary/aromatic N) is 2. The minimum atomic E-state index is -0.451. The fourth-order valence-electron chi connectivity index (χ4n) is 1.67. The number of aromatic amines is 1. The third-order valence-corrected chi connectivity index (χ3v) is 2.98. The van der Waals surface area contributed by atoms with E-state index in [0.29, 0.717) is 11.3 Å². The van der Waals surface area contributed by atoms with E-state index in [0.717, 1.165) is 15.5 Å². The highest BCUT2D eigenvalue weighted by molar-refractivity contribution is 9.10. The number of rotatable bonds is 2. The highest BCUT2D eigenvalue weighted by Crippen LogP contribution is 2.19. The minimum Gasteiger partial charge on any atom is -0.423 e. The van der Waals surface area contributed by atoms with Crippen LogP contribution < -0.4 is 4.74 Å². The number of hydrogen-bond donors (Lipinski definition) is 1. The van der Waals surface area contributed by atoms with Crippen LogP contribution in [0.5, 0.6) is 5.75 Å². The van der Waals surface area contributed by atoms with Crippen LogP contribution in [0.2, 0.25) is 0 Å². The van der Waals surface area contributed by atoms with Gasteiger partial charge in [0.25, 0.3) is 0 Å². The second-order valence-electron chi connectivity index (χ2n) is 3.86. The van der Waals surface area contributed by atoms with E-state index in [-0.39, 0.29) is 0 Å². The number of esters is 1. The second kappa shape index (κ2) is 4.81. The predicted octanol–water partition coefficient (Wildman–Crippen LogP) is 2.94. The Morgan fingerprint density at radius 2 is 2.16 bits per heavy atom. The van der Waals surface area contributed by atoms with E-state index >= 15 is 0 Å². The smallest absolute Gasteiger partial charge is 0.345 e. The Hall–Kier alpha value is -2.21. The average molecular weight is 318 g/mol. The molecule has 0 radical (unpaired) electrons. The van der Waals surface area contributed by atoms with Crippen LogP contribution in [0.3, 0.4) is 0 Å². The lowest BCUT2D eigenvalue weighted by atomic mass is 10.3. The Morgan fingerprint density at radius 3 is 3.00 bits per heavy atom. The number of H-pyrrole nitrogens is 1. The molecule has 0 atom stereocenters. The molecular formula is C13H8BrN3O2. The molecule has 0 bridgehead atoms. The fourth-order valence-corrected chi connectivity index (χ4v) is 2.03. The summed E-state index contributed by atoms with van der Waals surface area (Å²) in [7, 11) is 0. The molecule has 94 valence electrons.